The first-order chi connectivity index (χ1) is 7.60. The van der Waals surface area contributed by atoms with Crippen molar-refractivity contribution in [2.75, 3.05) is 5.75 Å². The highest BCUT2D eigenvalue weighted by atomic mass is 79.9. The SMILES string of the molecule is N=C(N)CC1(CSc2cccc(Br)c2)CC1. The summed E-state index contributed by atoms with van der Waals surface area (Å²) < 4.78 is 1.12. The summed E-state index contributed by atoms with van der Waals surface area (Å²) in [6, 6.07) is 8.34. The fourth-order valence-corrected chi connectivity index (χ4v) is 3.55. The van der Waals surface area contributed by atoms with Gasteiger partial charge in [0, 0.05) is 21.5 Å². The van der Waals surface area contributed by atoms with Crippen LogP contribution in [0.3, 0.4) is 0 Å². The number of nitrogens with one attached hydrogen (secondary N) is 1. The van der Waals surface area contributed by atoms with Crippen molar-refractivity contribution in [2.45, 2.75) is 24.2 Å². The van der Waals surface area contributed by atoms with Gasteiger partial charge in [0.2, 0.25) is 0 Å². The summed E-state index contributed by atoms with van der Waals surface area (Å²) in [6.45, 7) is 0. The third-order valence-corrected chi connectivity index (χ3v) is 4.70. The molecule has 3 N–H and O–H groups in total. The first-order valence-electron chi connectivity index (χ1n) is 5.31. The van der Waals surface area contributed by atoms with Crippen LogP contribution in [0.2, 0.25) is 0 Å². The minimum Gasteiger partial charge on any atom is -0.388 e. The largest absolute Gasteiger partial charge is 0.388 e. The molecule has 2 nitrogen and oxygen atoms in total. The molecular formula is C12H15BrN2S. The molecule has 2 rings (SSSR count). The third-order valence-electron chi connectivity index (χ3n) is 2.86. The summed E-state index contributed by atoms with van der Waals surface area (Å²) in [5, 5.41) is 7.37. The van der Waals surface area contributed by atoms with E-state index in [9.17, 15) is 0 Å². The molecule has 0 aromatic heterocycles. The Balaban J connectivity index is 1.90. The zero-order valence-corrected chi connectivity index (χ0v) is 11.4. The van der Waals surface area contributed by atoms with Crippen LogP contribution in [-0.4, -0.2) is 11.6 Å². The molecule has 0 heterocycles. The number of halogens is 1. The Bertz CT molecular complexity index is 402. The van der Waals surface area contributed by atoms with Crippen LogP contribution >= 0.6 is 27.7 Å². The molecule has 1 aliphatic carbocycles. The molecule has 1 aliphatic rings. The summed E-state index contributed by atoms with van der Waals surface area (Å²) in [4.78, 5) is 1.28. The Morgan fingerprint density at radius 1 is 1.50 bits per heavy atom. The van der Waals surface area contributed by atoms with Gasteiger partial charge < -0.3 is 5.73 Å². The second-order valence-electron chi connectivity index (χ2n) is 4.45. The zero-order valence-electron chi connectivity index (χ0n) is 9.00. The fourth-order valence-electron chi connectivity index (χ4n) is 1.75. The van der Waals surface area contributed by atoms with Crippen LogP contribution < -0.4 is 5.73 Å². The average Bonchev–Trinajstić information content (AvgIpc) is 2.95. The van der Waals surface area contributed by atoms with E-state index in [-0.39, 0.29) is 0 Å². The van der Waals surface area contributed by atoms with Crippen LogP contribution in [-0.2, 0) is 0 Å². The van der Waals surface area contributed by atoms with Gasteiger partial charge in [0.05, 0.1) is 5.84 Å². The molecule has 0 radical (unpaired) electrons. The summed E-state index contributed by atoms with van der Waals surface area (Å²) in [5.41, 5.74) is 5.80. The fraction of sp³-hybridized carbons (Fsp3) is 0.417. The van der Waals surface area contributed by atoms with Crippen molar-refractivity contribution in [1.29, 1.82) is 5.41 Å². The second-order valence-corrected chi connectivity index (χ2v) is 6.41. The molecule has 0 unspecified atom stereocenters. The third kappa shape index (κ3) is 3.25. The van der Waals surface area contributed by atoms with Crippen LogP contribution in [0.25, 0.3) is 0 Å². The smallest absolute Gasteiger partial charge is 0.0911 e. The van der Waals surface area contributed by atoms with Crippen LogP contribution in [0.4, 0.5) is 0 Å². The van der Waals surface area contributed by atoms with Crippen molar-refractivity contribution in [1.82, 2.24) is 0 Å². The van der Waals surface area contributed by atoms with E-state index < -0.39 is 0 Å². The minimum absolute atomic E-state index is 0.318. The molecule has 0 atom stereocenters. The number of amidine groups is 1. The van der Waals surface area contributed by atoms with Gasteiger partial charge in [0.25, 0.3) is 0 Å². The summed E-state index contributed by atoms with van der Waals surface area (Å²) in [6.07, 6.45) is 3.19. The quantitative estimate of drug-likeness (QED) is 0.495. The second kappa shape index (κ2) is 4.80. The topological polar surface area (TPSA) is 49.9 Å². The van der Waals surface area contributed by atoms with Crippen LogP contribution in [0.1, 0.15) is 19.3 Å². The maximum absolute atomic E-state index is 7.37. The first-order valence-corrected chi connectivity index (χ1v) is 7.09. The molecule has 0 saturated heterocycles. The molecule has 86 valence electrons. The lowest BCUT2D eigenvalue weighted by Crippen LogP contribution is -2.18. The van der Waals surface area contributed by atoms with Crippen molar-refractivity contribution >= 4 is 33.5 Å². The highest BCUT2D eigenvalue weighted by molar-refractivity contribution is 9.10. The summed E-state index contributed by atoms with van der Waals surface area (Å²) >= 11 is 5.33. The van der Waals surface area contributed by atoms with Gasteiger partial charge in [0.15, 0.2) is 0 Å². The van der Waals surface area contributed by atoms with Crippen molar-refractivity contribution in [3.8, 4) is 0 Å². The van der Waals surface area contributed by atoms with Crippen LogP contribution in [0.15, 0.2) is 33.6 Å². The molecule has 1 aromatic carbocycles. The lowest BCUT2D eigenvalue weighted by atomic mass is 10.1. The number of thioether (sulfide) groups is 1. The van der Waals surface area contributed by atoms with E-state index in [0.29, 0.717) is 11.3 Å². The van der Waals surface area contributed by atoms with Gasteiger partial charge in [-0.15, -0.1) is 11.8 Å². The zero-order chi connectivity index (χ0) is 11.6. The highest BCUT2D eigenvalue weighted by Gasteiger charge is 2.42. The Hall–Kier alpha value is -0.480. The monoisotopic (exact) mass is 298 g/mol. The number of hydrogen-bond donors (Lipinski definition) is 2. The molecule has 0 spiro atoms. The van der Waals surface area contributed by atoms with Crippen LogP contribution in [0, 0.1) is 10.8 Å². The highest BCUT2D eigenvalue weighted by Crippen LogP contribution is 2.51. The molecule has 1 aromatic rings. The van der Waals surface area contributed by atoms with Crippen molar-refractivity contribution < 1.29 is 0 Å². The Labute approximate surface area is 109 Å². The number of rotatable bonds is 5. The molecule has 16 heavy (non-hydrogen) atoms. The standard InChI is InChI=1S/C12H15BrN2S/c13-9-2-1-3-10(6-9)16-8-12(4-5-12)7-11(14)15/h1-3,6H,4-5,7-8H2,(H3,14,15). The van der Waals surface area contributed by atoms with E-state index >= 15 is 0 Å². The molecule has 0 aliphatic heterocycles. The van der Waals surface area contributed by atoms with Gasteiger partial charge in [-0.1, -0.05) is 22.0 Å². The van der Waals surface area contributed by atoms with Gasteiger partial charge in [-0.05, 0) is 36.5 Å². The molecule has 1 saturated carbocycles. The van der Waals surface area contributed by atoms with Gasteiger partial charge in [-0.2, -0.15) is 0 Å². The predicted octanol–water partition coefficient (Wildman–Crippen LogP) is 3.65. The lowest BCUT2D eigenvalue weighted by Gasteiger charge is -2.13. The maximum Gasteiger partial charge on any atom is 0.0911 e. The van der Waals surface area contributed by atoms with Crippen molar-refractivity contribution in [2.24, 2.45) is 11.1 Å². The van der Waals surface area contributed by atoms with Crippen LogP contribution in [0.5, 0.6) is 0 Å². The Morgan fingerprint density at radius 2 is 2.25 bits per heavy atom. The number of nitrogens with two attached hydrogens (primary N) is 1. The molecule has 0 bridgehead atoms. The molecule has 0 amide bonds. The van der Waals surface area contributed by atoms with E-state index in [4.69, 9.17) is 11.1 Å². The normalized spacial score (nSPS) is 17.1. The number of benzene rings is 1. The van der Waals surface area contributed by atoms with Gasteiger partial charge >= 0.3 is 0 Å². The van der Waals surface area contributed by atoms with Gasteiger partial charge in [-0.3, -0.25) is 5.41 Å². The molecule has 1 fully saturated rings. The van der Waals surface area contributed by atoms with Gasteiger partial charge in [0.1, 0.15) is 0 Å². The van der Waals surface area contributed by atoms with E-state index in [0.717, 1.165) is 16.6 Å². The van der Waals surface area contributed by atoms with E-state index in [2.05, 4.69) is 34.1 Å². The summed E-state index contributed by atoms with van der Waals surface area (Å²) in [7, 11) is 0. The molecule has 4 heteroatoms. The van der Waals surface area contributed by atoms with Gasteiger partial charge in [-0.25, -0.2) is 0 Å². The van der Waals surface area contributed by atoms with Crippen molar-refractivity contribution in [3.05, 3.63) is 28.7 Å². The Kier molecular flexibility index (Phi) is 3.60. The minimum atomic E-state index is 0.318. The van der Waals surface area contributed by atoms with Crippen molar-refractivity contribution in [3.63, 3.8) is 0 Å². The molecular weight excluding hydrogens is 284 g/mol. The Morgan fingerprint density at radius 3 is 2.81 bits per heavy atom. The van der Waals surface area contributed by atoms with E-state index in [1.807, 2.05) is 17.8 Å². The van der Waals surface area contributed by atoms with E-state index in [1.54, 1.807) is 0 Å². The van der Waals surface area contributed by atoms with E-state index in [1.165, 1.54) is 17.7 Å². The maximum atomic E-state index is 7.37. The average molecular weight is 299 g/mol. The number of hydrogen-bond acceptors (Lipinski definition) is 2. The predicted molar refractivity (Wildman–Crippen MR) is 73.1 cm³/mol. The lowest BCUT2D eigenvalue weighted by molar-refractivity contribution is 0.612. The first kappa shape index (κ1) is 12.0. The summed E-state index contributed by atoms with van der Waals surface area (Å²) in [5.74, 6) is 1.40.